The number of carbonyl (C=O) groups excluding carboxylic acids is 1. The molecule has 3 rings (SSSR count). The van der Waals surface area contributed by atoms with E-state index in [1.54, 1.807) is 36.4 Å². The number of anilines is 2. The summed E-state index contributed by atoms with van der Waals surface area (Å²) in [4.78, 5) is 13.1. The molecule has 6 nitrogen and oxygen atoms in total. The standard InChI is InChI=1S/C16H15ClN2O4S/c1-11-6-7-15(12(17)10-11)24(21,22)18-13-4-2-3-5-14(13)19-8-9-23-16(19)20/h2-7,10,18H,8-9H2,1H3. The average molecular weight is 367 g/mol. The van der Waals surface area contributed by atoms with Gasteiger partial charge in [0.25, 0.3) is 10.0 Å². The van der Waals surface area contributed by atoms with Gasteiger partial charge in [-0.1, -0.05) is 29.8 Å². The minimum Gasteiger partial charge on any atom is -0.447 e. The smallest absolute Gasteiger partial charge is 0.414 e. The molecule has 2 aromatic rings. The Morgan fingerprint density at radius 2 is 1.96 bits per heavy atom. The number of rotatable bonds is 4. The molecule has 1 amide bonds. The van der Waals surface area contributed by atoms with E-state index in [-0.39, 0.29) is 22.2 Å². The summed E-state index contributed by atoms with van der Waals surface area (Å²) in [7, 11) is -3.89. The summed E-state index contributed by atoms with van der Waals surface area (Å²) >= 11 is 6.07. The second-order valence-corrected chi connectivity index (χ2v) is 7.38. The number of sulfonamides is 1. The molecule has 1 aliphatic rings. The lowest BCUT2D eigenvalue weighted by Crippen LogP contribution is -2.25. The third kappa shape index (κ3) is 3.18. The van der Waals surface area contributed by atoms with E-state index in [1.807, 2.05) is 6.92 Å². The predicted octanol–water partition coefficient (Wildman–Crippen LogP) is 3.41. The third-order valence-electron chi connectivity index (χ3n) is 3.58. The van der Waals surface area contributed by atoms with Crippen molar-refractivity contribution >= 4 is 39.1 Å². The Hall–Kier alpha value is -2.25. The first kappa shape index (κ1) is 16.6. The van der Waals surface area contributed by atoms with Crippen molar-refractivity contribution in [3.05, 3.63) is 53.1 Å². The summed E-state index contributed by atoms with van der Waals surface area (Å²) in [6.07, 6.45) is -0.505. The first-order valence-electron chi connectivity index (χ1n) is 7.21. The van der Waals surface area contributed by atoms with Crippen molar-refractivity contribution in [2.75, 3.05) is 22.8 Å². The van der Waals surface area contributed by atoms with Crippen LogP contribution in [-0.2, 0) is 14.8 Å². The normalized spacial score (nSPS) is 14.6. The molecule has 0 aromatic heterocycles. The van der Waals surface area contributed by atoms with Crippen molar-refractivity contribution in [2.24, 2.45) is 0 Å². The Labute approximate surface area is 145 Å². The topological polar surface area (TPSA) is 75.7 Å². The van der Waals surface area contributed by atoms with E-state index in [0.717, 1.165) is 5.56 Å². The monoisotopic (exact) mass is 366 g/mol. The quantitative estimate of drug-likeness (QED) is 0.899. The SMILES string of the molecule is Cc1ccc(S(=O)(=O)Nc2ccccc2N2CCOC2=O)c(Cl)c1. The molecule has 0 spiro atoms. The number of amides is 1. The highest BCUT2D eigenvalue weighted by Gasteiger charge is 2.27. The van der Waals surface area contributed by atoms with Gasteiger partial charge in [0, 0.05) is 0 Å². The number of halogens is 1. The summed E-state index contributed by atoms with van der Waals surface area (Å²) in [5, 5.41) is 0.139. The number of hydrogen-bond donors (Lipinski definition) is 1. The van der Waals surface area contributed by atoms with Crippen LogP contribution in [0.4, 0.5) is 16.2 Å². The molecule has 0 radical (unpaired) electrons. The molecule has 24 heavy (non-hydrogen) atoms. The maximum Gasteiger partial charge on any atom is 0.414 e. The van der Waals surface area contributed by atoms with Crippen LogP contribution >= 0.6 is 11.6 Å². The molecule has 1 fully saturated rings. The lowest BCUT2D eigenvalue weighted by molar-refractivity contribution is 0.181. The van der Waals surface area contributed by atoms with Crippen molar-refractivity contribution in [3.8, 4) is 0 Å². The molecule has 0 atom stereocenters. The van der Waals surface area contributed by atoms with Gasteiger partial charge in [-0.25, -0.2) is 13.2 Å². The van der Waals surface area contributed by atoms with Gasteiger partial charge in [0.05, 0.1) is 22.9 Å². The van der Waals surface area contributed by atoms with Gasteiger partial charge in [-0.3, -0.25) is 9.62 Å². The number of aryl methyl sites for hydroxylation is 1. The Bertz CT molecular complexity index is 899. The number of para-hydroxylation sites is 2. The molecular weight excluding hydrogens is 352 g/mol. The molecule has 0 unspecified atom stereocenters. The van der Waals surface area contributed by atoms with Crippen LogP contribution in [0.5, 0.6) is 0 Å². The van der Waals surface area contributed by atoms with E-state index >= 15 is 0 Å². The minimum absolute atomic E-state index is 0.0198. The maximum absolute atomic E-state index is 12.7. The van der Waals surface area contributed by atoms with E-state index in [2.05, 4.69) is 4.72 Å². The van der Waals surface area contributed by atoms with E-state index in [1.165, 1.54) is 11.0 Å². The van der Waals surface area contributed by atoms with Gasteiger partial charge in [0.1, 0.15) is 11.5 Å². The Kier molecular flexibility index (Phi) is 4.38. The fraction of sp³-hybridized carbons (Fsp3) is 0.188. The number of hydrogen-bond acceptors (Lipinski definition) is 4. The highest BCUT2D eigenvalue weighted by Crippen LogP contribution is 2.31. The molecule has 0 bridgehead atoms. The minimum atomic E-state index is -3.89. The maximum atomic E-state index is 12.7. The molecule has 126 valence electrons. The number of ether oxygens (including phenoxy) is 1. The van der Waals surface area contributed by atoms with Crippen molar-refractivity contribution in [2.45, 2.75) is 11.8 Å². The number of cyclic esters (lactones) is 1. The summed E-state index contributed by atoms with van der Waals surface area (Å²) in [5.74, 6) is 0. The fourth-order valence-corrected chi connectivity index (χ4v) is 4.11. The van der Waals surface area contributed by atoms with Crippen LogP contribution in [-0.4, -0.2) is 27.7 Å². The van der Waals surface area contributed by atoms with Gasteiger partial charge in [-0.05, 0) is 36.8 Å². The van der Waals surface area contributed by atoms with Crippen molar-refractivity contribution in [1.29, 1.82) is 0 Å². The second kappa shape index (κ2) is 6.33. The van der Waals surface area contributed by atoms with Crippen molar-refractivity contribution in [1.82, 2.24) is 0 Å². The Balaban J connectivity index is 1.97. The van der Waals surface area contributed by atoms with Gasteiger partial charge in [0.15, 0.2) is 0 Å². The molecule has 1 heterocycles. The molecule has 8 heteroatoms. The Morgan fingerprint density at radius 3 is 2.62 bits per heavy atom. The number of benzene rings is 2. The van der Waals surface area contributed by atoms with E-state index in [9.17, 15) is 13.2 Å². The van der Waals surface area contributed by atoms with Crippen LogP contribution in [0, 0.1) is 6.92 Å². The zero-order valence-electron chi connectivity index (χ0n) is 12.8. The Morgan fingerprint density at radius 1 is 1.21 bits per heavy atom. The van der Waals surface area contributed by atoms with Crippen molar-refractivity contribution < 1.29 is 17.9 Å². The average Bonchev–Trinajstić information content (AvgIpc) is 2.93. The summed E-state index contributed by atoms with van der Waals surface area (Å²) in [6, 6.07) is 11.3. The predicted molar refractivity (Wildman–Crippen MR) is 92.1 cm³/mol. The molecule has 1 N–H and O–H groups in total. The zero-order valence-corrected chi connectivity index (χ0v) is 14.4. The fourth-order valence-electron chi connectivity index (χ4n) is 2.43. The van der Waals surface area contributed by atoms with Gasteiger partial charge in [-0.2, -0.15) is 0 Å². The third-order valence-corrected chi connectivity index (χ3v) is 5.43. The molecule has 0 saturated carbocycles. The van der Waals surface area contributed by atoms with E-state index in [0.29, 0.717) is 12.2 Å². The second-order valence-electron chi connectivity index (χ2n) is 5.32. The van der Waals surface area contributed by atoms with Crippen LogP contribution in [0.1, 0.15) is 5.56 Å². The molecular formula is C16H15ClN2O4S. The van der Waals surface area contributed by atoms with Crippen LogP contribution in [0.25, 0.3) is 0 Å². The van der Waals surface area contributed by atoms with E-state index < -0.39 is 16.1 Å². The number of nitrogens with one attached hydrogen (secondary N) is 1. The van der Waals surface area contributed by atoms with Crippen LogP contribution in [0.15, 0.2) is 47.4 Å². The lowest BCUT2D eigenvalue weighted by atomic mass is 10.2. The van der Waals surface area contributed by atoms with Crippen molar-refractivity contribution in [3.63, 3.8) is 0 Å². The zero-order chi connectivity index (χ0) is 17.3. The molecule has 2 aromatic carbocycles. The number of carbonyl (C=O) groups is 1. The van der Waals surface area contributed by atoms with Crippen LogP contribution in [0.3, 0.4) is 0 Å². The van der Waals surface area contributed by atoms with Gasteiger partial charge in [-0.15, -0.1) is 0 Å². The first-order valence-corrected chi connectivity index (χ1v) is 9.07. The molecule has 1 aliphatic heterocycles. The highest BCUT2D eigenvalue weighted by atomic mass is 35.5. The van der Waals surface area contributed by atoms with Gasteiger partial charge >= 0.3 is 6.09 Å². The van der Waals surface area contributed by atoms with Gasteiger partial charge < -0.3 is 4.74 Å². The number of nitrogens with zero attached hydrogens (tertiary/aromatic N) is 1. The summed E-state index contributed by atoms with van der Waals surface area (Å²) in [6.45, 7) is 2.45. The molecule has 1 saturated heterocycles. The summed E-state index contributed by atoms with van der Waals surface area (Å²) in [5.41, 5.74) is 1.58. The van der Waals surface area contributed by atoms with E-state index in [4.69, 9.17) is 16.3 Å². The largest absolute Gasteiger partial charge is 0.447 e. The lowest BCUT2D eigenvalue weighted by Gasteiger charge is -2.18. The molecule has 0 aliphatic carbocycles. The van der Waals surface area contributed by atoms with Crippen LogP contribution < -0.4 is 9.62 Å². The first-order chi connectivity index (χ1) is 11.4. The highest BCUT2D eigenvalue weighted by molar-refractivity contribution is 7.92. The summed E-state index contributed by atoms with van der Waals surface area (Å²) < 4.78 is 32.7. The van der Waals surface area contributed by atoms with Gasteiger partial charge in [0.2, 0.25) is 0 Å². The van der Waals surface area contributed by atoms with Crippen LogP contribution in [0.2, 0.25) is 5.02 Å².